The molecule has 1 aromatic rings. The molecule has 0 spiro atoms. The molecule has 0 amide bonds. The molecule has 0 heterocycles. The standard InChI is InChI=1S/C14H20ClNO2/c1-11-12(15)7-6-8-13(11)16-10-5-3-4-9-14(17)18-2/h6-8,16H,3-5,9-10H2,1-2H3. The maximum Gasteiger partial charge on any atom is 0.305 e. The Kier molecular flexibility index (Phi) is 6.58. The Morgan fingerprint density at radius 1 is 1.33 bits per heavy atom. The van der Waals surface area contributed by atoms with Crippen molar-refractivity contribution in [1.82, 2.24) is 0 Å². The predicted molar refractivity (Wildman–Crippen MR) is 75.2 cm³/mol. The van der Waals surface area contributed by atoms with Crippen molar-refractivity contribution in [2.45, 2.75) is 32.6 Å². The zero-order valence-electron chi connectivity index (χ0n) is 11.0. The Morgan fingerprint density at radius 3 is 2.83 bits per heavy atom. The zero-order chi connectivity index (χ0) is 13.4. The first-order valence-corrected chi connectivity index (χ1v) is 6.58. The number of methoxy groups -OCH3 is 1. The van der Waals surface area contributed by atoms with E-state index in [1.807, 2.05) is 25.1 Å². The number of nitrogens with one attached hydrogen (secondary N) is 1. The van der Waals surface area contributed by atoms with E-state index in [2.05, 4.69) is 10.1 Å². The molecule has 1 rings (SSSR count). The van der Waals surface area contributed by atoms with E-state index >= 15 is 0 Å². The molecule has 1 N–H and O–H groups in total. The molecule has 0 aliphatic rings. The van der Waals surface area contributed by atoms with E-state index in [0.29, 0.717) is 6.42 Å². The van der Waals surface area contributed by atoms with Crippen LogP contribution in [-0.2, 0) is 9.53 Å². The summed E-state index contributed by atoms with van der Waals surface area (Å²) in [5, 5.41) is 4.14. The predicted octanol–water partition coefficient (Wildman–Crippen LogP) is 3.79. The first kappa shape index (κ1) is 14.8. The third-order valence-corrected chi connectivity index (χ3v) is 3.28. The molecule has 1 aromatic carbocycles. The highest BCUT2D eigenvalue weighted by molar-refractivity contribution is 6.31. The molecule has 0 fully saturated rings. The summed E-state index contributed by atoms with van der Waals surface area (Å²) in [4.78, 5) is 10.9. The summed E-state index contributed by atoms with van der Waals surface area (Å²) >= 11 is 6.04. The minimum absolute atomic E-state index is 0.131. The summed E-state index contributed by atoms with van der Waals surface area (Å²) in [5.41, 5.74) is 2.16. The van der Waals surface area contributed by atoms with E-state index in [1.165, 1.54) is 7.11 Å². The fourth-order valence-corrected chi connectivity index (χ4v) is 1.87. The number of hydrogen-bond donors (Lipinski definition) is 1. The largest absolute Gasteiger partial charge is 0.469 e. The third kappa shape index (κ3) is 4.96. The van der Waals surface area contributed by atoms with Crippen molar-refractivity contribution in [2.24, 2.45) is 0 Å². The number of unbranched alkanes of at least 4 members (excludes halogenated alkanes) is 2. The van der Waals surface area contributed by atoms with Gasteiger partial charge in [-0.25, -0.2) is 0 Å². The number of carbonyl (C=O) groups is 1. The number of esters is 1. The monoisotopic (exact) mass is 269 g/mol. The molecule has 0 saturated carbocycles. The van der Waals surface area contributed by atoms with Gasteiger partial charge in [0.25, 0.3) is 0 Å². The van der Waals surface area contributed by atoms with Crippen molar-refractivity contribution in [3.05, 3.63) is 28.8 Å². The van der Waals surface area contributed by atoms with Gasteiger partial charge in [0.2, 0.25) is 0 Å². The summed E-state index contributed by atoms with van der Waals surface area (Å²) in [5.74, 6) is -0.131. The summed E-state index contributed by atoms with van der Waals surface area (Å²) in [6.07, 6.45) is 3.43. The van der Waals surface area contributed by atoms with Gasteiger partial charge in [0.1, 0.15) is 0 Å². The van der Waals surface area contributed by atoms with Crippen molar-refractivity contribution in [1.29, 1.82) is 0 Å². The Hall–Kier alpha value is -1.22. The molecule has 0 bridgehead atoms. The lowest BCUT2D eigenvalue weighted by Gasteiger charge is -2.10. The Labute approximate surface area is 113 Å². The molecule has 0 aliphatic carbocycles. The fraction of sp³-hybridized carbons (Fsp3) is 0.500. The highest BCUT2D eigenvalue weighted by Gasteiger charge is 2.01. The number of benzene rings is 1. The van der Waals surface area contributed by atoms with Crippen molar-refractivity contribution >= 4 is 23.3 Å². The summed E-state index contributed by atoms with van der Waals surface area (Å²) in [6, 6.07) is 5.85. The molecule has 0 aromatic heterocycles. The molecule has 4 heteroatoms. The fourth-order valence-electron chi connectivity index (χ4n) is 1.70. The Morgan fingerprint density at radius 2 is 2.11 bits per heavy atom. The normalized spacial score (nSPS) is 10.2. The Balaban J connectivity index is 2.18. The summed E-state index contributed by atoms with van der Waals surface area (Å²) < 4.78 is 4.59. The van der Waals surface area contributed by atoms with E-state index in [1.54, 1.807) is 0 Å². The van der Waals surface area contributed by atoms with Crippen LogP contribution in [0.25, 0.3) is 0 Å². The number of rotatable bonds is 7. The minimum Gasteiger partial charge on any atom is -0.469 e. The van der Waals surface area contributed by atoms with Gasteiger partial charge in [-0.1, -0.05) is 24.1 Å². The van der Waals surface area contributed by atoms with Crippen LogP contribution in [0.1, 0.15) is 31.2 Å². The first-order chi connectivity index (χ1) is 8.65. The summed E-state index contributed by atoms with van der Waals surface area (Å²) in [6.45, 7) is 2.89. The minimum atomic E-state index is -0.131. The van der Waals surface area contributed by atoms with Gasteiger partial charge in [-0.2, -0.15) is 0 Å². The lowest BCUT2D eigenvalue weighted by atomic mass is 10.1. The molecular weight excluding hydrogens is 250 g/mol. The maximum absolute atomic E-state index is 10.9. The van der Waals surface area contributed by atoms with Gasteiger partial charge in [0, 0.05) is 23.7 Å². The molecule has 3 nitrogen and oxygen atoms in total. The molecule has 0 radical (unpaired) electrons. The van der Waals surface area contributed by atoms with Crippen LogP contribution >= 0.6 is 11.6 Å². The maximum atomic E-state index is 10.9. The average molecular weight is 270 g/mol. The highest BCUT2D eigenvalue weighted by atomic mass is 35.5. The van der Waals surface area contributed by atoms with E-state index < -0.39 is 0 Å². The molecule has 0 atom stereocenters. The number of hydrogen-bond acceptors (Lipinski definition) is 3. The molecule has 0 saturated heterocycles. The van der Waals surface area contributed by atoms with Gasteiger partial charge in [0.15, 0.2) is 0 Å². The van der Waals surface area contributed by atoms with E-state index in [4.69, 9.17) is 11.6 Å². The number of carbonyl (C=O) groups excluding carboxylic acids is 1. The van der Waals surface area contributed by atoms with E-state index in [-0.39, 0.29) is 5.97 Å². The van der Waals surface area contributed by atoms with Gasteiger partial charge >= 0.3 is 5.97 Å². The van der Waals surface area contributed by atoms with Crippen molar-refractivity contribution < 1.29 is 9.53 Å². The first-order valence-electron chi connectivity index (χ1n) is 6.21. The topological polar surface area (TPSA) is 38.3 Å². The van der Waals surface area contributed by atoms with E-state index in [9.17, 15) is 4.79 Å². The Bertz CT molecular complexity index is 393. The molecular formula is C14H20ClNO2. The van der Waals surface area contributed by atoms with Crippen LogP contribution in [0.15, 0.2) is 18.2 Å². The smallest absolute Gasteiger partial charge is 0.305 e. The lowest BCUT2D eigenvalue weighted by Crippen LogP contribution is -2.04. The number of anilines is 1. The SMILES string of the molecule is COC(=O)CCCCCNc1cccc(Cl)c1C. The second-order valence-corrected chi connectivity index (χ2v) is 4.63. The van der Waals surface area contributed by atoms with Gasteiger partial charge < -0.3 is 10.1 Å². The molecule has 100 valence electrons. The van der Waals surface area contributed by atoms with Crippen LogP contribution in [0.4, 0.5) is 5.69 Å². The van der Waals surface area contributed by atoms with Gasteiger partial charge in [0.05, 0.1) is 7.11 Å². The van der Waals surface area contributed by atoms with Crippen LogP contribution in [0.3, 0.4) is 0 Å². The second kappa shape index (κ2) is 7.98. The number of halogens is 1. The highest BCUT2D eigenvalue weighted by Crippen LogP contribution is 2.22. The van der Waals surface area contributed by atoms with Crippen molar-refractivity contribution in [2.75, 3.05) is 19.0 Å². The van der Waals surface area contributed by atoms with Crippen LogP contribution in [0.5, 0.6) is 0 Å². The summed E-state index contributed by atoms with van der Waals surface area (Å²) in [7, 11) is 1.42. The van der Waals surface area contributed by atoms with Crippen molar-refractivity contribution in [3.63, 3.8) is 0 Å². The van der Waals surface area contributed by atoms with Crippen LogP contribution < -0.4 is 5.32 Å². The molecule has 0 aliphatic heterocycles. The van der Waals surface area contributed by atoms with Gasteiger partial charge in [-0.3, -0.25) is 4.79 Å². The lowest BCUT2D eigenvalue weighted by molar-refractivity contribution is -0.140. The van der Waals surface area contributed by atoms with Gasteiger partial charge in [-0.15, -0.1) is 0 Å². The van der Waals surface area contributed by atoms with Gasteiger partial charge in [-0.05, 0) is 37.5 Å². The van der Waals surface area contributed by atoms with Crippen LogP contribution in [0.2, 0.25) is 5.02 Å². The van der Waals surface area contributed by atoms with Crippen molar-refractivity contribution in [3.8, 4) is 0 Å². The molecule has 18 heavy (non-hydrogen) atoms. The third-order valence-electron chi connectivity index (χ3n) is 2.87. The quantitative estimate of drug-likeness (QED) is 0.604. The average Bonchev–Trinajstić information content (AvgIpc) is 2.38. The van der Waals surface area contributed by atoms with Crippen LogP contribution in [-0.4, -0.2) is 19.6 Å². The van der Waals surface area contributed by atoms with Crippen LogP contribution in [0, 0.1) is 6.92 Å². The second-order valence-electron chi connectivity index (χ2n) is 4.23. The molecule has 0 unspecified atom stereocenters. The van der Waals surface area contributed by atoms with E-state index in [0.717, 1.165) is 42.1 Å². The number of ether oxygens (including phenoxy) is 1. The zero-order valence-corrected chi connectivity index (χ0v) is 11.7.